The number of hydrogen-bond acceptors (Lipinski definition) is 2. The van der Waals surface area contributed by atoms with Crippen LogP contribution in [0.3, 0.4) is 0 Å². The molecule has 1 aliphatic heterocycles. The number of nitrogens with zero attached hydrogens (tertiary/aromatic N) is 1. The van der Waals surface area contributed by atoms with Gasteiger partial charge < -0.3 is 5.32 Å². The van der Waals surface area contributed by atoms with Gasteiger partial charge in [0, 0.05) is 24.7 Å². The zero-order valence-corrected chi connectivity index (χ0v) is 8.21. The Labute approximate surface area is 75.3 Å². The Bertz CT molecular complexity index is 154. The molecule has 2 atom stereocenters. The molecule has 2 aliphatic rings. The minimum absolute atomic E-state index is 0.690. The Balaban J connectivity index is 1.96. The van der Waals surface area contributed by atoms with Gasteiger partial charge in [0.15, 0.2) is 0 Å². The molecule has 0 aromatic carbocycles. The lowest BCUT2D eigenvalue weighted by Gasteiger charge is -2.27. The third-order valence-electron chi connectivity index (χ3n) is 3.12. The van der Waals surface area contributed by atoms with Crippen molar-refractivity contribution in [1.29, 1.82) is 0 Å². The minimum Gasteiger partial charge on any atom is -0.313 e. The quantitative estimate of drug-likeness (QED) is 0.633. The molecule has 1 heterocycles. The summed E-state index contributed by atoms with van der Waals surface area (Å²) in [6.45, 7) is 7.13. The topological polar surface area (TPSA) is 15.3 Å². The SMILES string of the molecule is CC1CN(C2CC2)C(C)CCN1. The lowest BCUT2D eigenvalue weighted by molar-refractivity contribution is 0.197. The lowest BCUT2D eigenvalue weighted by atomic mass is 10.2. The second kappa shape index (κ2) is 3.35. The van der Waals surface area contributed by atoms with Crippen LogP contribution in [-0.4, -0.2) is 36.1 Å². The Morgan fingerprint density at radius 2 is 1.92 bits per heavy atom. The molecule has 0 bridgehead atoms. The van der Waals surface area contributed by atoms with Crippen molar-refractivity contribution in [3.63, 3.8) is 0 Å². The first-order valence-electron chi connectivity index (χ1n) is 5.26. The summed E-state index contributed by atoms with van der Waals surface area (Å²) in [5.41, 5.74) is 0. The fraction of sp³-hybridized carbons (Fsp3) is 1.00. The largest absolute Gasteiger partial charge is 0.313 e. The van der Waals surface area contributed by atoms with E-state index in [0.717, 1.165) is 12.1 Å². The van der Waals surface area contributed by atoms with Gasteiger partial charge in [-0.15, -0.1) is 0 Å². The van der Waals surface area contributed by atoms with Crippen molar-refractivity contribution in [3.05, 3.63) is 0 Å². The van der Waals surface area contributed by atoms with E-state index in [0.29, 0.717) is 6.04 Å². The molecule has 70 valence electrons. The molecule has 2 heteroatoms. The van der Waals surface area contributed by atoms with Crippen molar-refractivity contribution in [2.75, 3.05) is 13.1 Å². The molecule has 2 rings (SSSR count). The molecule has 1 saturated heterocycles. The molecular weight excluding hydrogens is 148 g/mol. The van der Waals surface area contributed by atoms with Gasteiger partial charge in [0.1, 0.15) is 0 Å². The van der Waals surface area contributed by atoms with Crippen LogP contribution in [0.2, 0.25) is 0 Å². The molecule has 0 amide bonds. The summed E-state index contributed by atoms with van der Waals surface area (Å²) in [4.78, 5) is 2.70. The third kappa shape index (κ3) is 1.80. The summed E-state index contributed by atoms with van der Waals surface area (Å²) in [6.07, 6.45) is 4.20. The third-order valence-corrected chi connectivity index (χ3v) is 3.12. The van der Waals surface area contributed by atoms with Gasteiger partial charge >= 0.3 is 0 Å². The maximum absolute atomic E-state index is 3.55. The van der Waals surface area contributed by atoms with Crippen molar-refractivity contribution in [2.24, 2.45) is 0 Å². The van der Waals surface area contributed by atoms with E-state index in [1.165, 1.54) is 32.4 Å². The van der Waals surface area contributed by atoms with Crippen LogP contribution in [-0.2, 0) is 0 Å². The van der Waals surface area contributed by atoms with E-state index in [9.17, 15) is 0 Å². The van der Waals surface area contributed by atoms with Gasteiger partial charge in [-0.1, -0.05) is 0 Å². The molecule has 2 fully saturated rings. The molecule has 0 radical (unpaired) electrons. The van der Waals surface area contributed by atoms with Gasteiger partial charge in [0.25, 0.3) is 0 Å². The molecule has 1 aliphatic carbocycles. The summed E-state index contributed by atoms with van der Waals surface area (Å²) in [5, 5.41) is 3.55. The molecule has 0 aromatic rings. The van der Waals surface area contributed by atoms with Crippen LogP contribution < -0.4 is 5.32 Å². The van der Waals surface area contributed by atoms with Crippen LogP contribution in [0.1, 0.15) is 33.1 Å². The Hall–Kier alpha value is -0.0800. The van der Waals surface area contributed by atoms with E-state index in [1.807, 2.05) is 0 Å². The van der Waals surface area contributed by atoms with E-state index >= 15 is 0 Å². The molecule has 2 unspecified atom stereocenters. The Morgan fingerprint density at radius 1 is 1.17 bits per heavy atom. The number of hydrogen-bond donors (Lipinski definition) is 1. The summed E-state index contributed by atoms with van der Waals surface area (Å²) >= 11 is 0. The zero-order chi connectivity index (χ0) is 8.55. The Kier molecular flexibility index (Phi) is 2.37. The fourth-order valence-corrected chi connectivity index (χ4v) is 2.18. The monoisotopic (exact) mass is 168 g/mol. The van der Waals surface area contributed by atoms with Gasteiger partial charge in [-0.2, -0.15) is 0 Å². The zero-order valence-electron chi connectivity index (χ0n) is 8.21. The van der Waals surface area contributed by atoms with E-state index in [4.69, 9.17) is 0 Å². The summed E-state index contributed by atoms with van der Waals surface area (Å²) in [7, 11) is 0. The molecule has 1 N–H and O–H groups in total. The second-order valence-corrected chi connectivity index (χ2v) is 4.42. The van der Waals surface area contributed by atoms with Crippen molar-refractivity contribution in [3.8, 4) is 0 Å². The highest BCUT2D eigenvalue weighted by Crippen LogP contribution is 2.30. The molecule has 1 saturated carbocycles. The molecule has 12 heavy (non-hydrogen) atoms. The predicted molar refractivity (Wildman–Crippen MR) is 51.3 cm³/mol. The molecule has 0 aromatic heterocycles. The van der Waals surface area contributed by atoms with Crippen molar-refractivity contribution >= 4 is 0 Å². The number of rotatable bonds is 1. The fourth-order valence-electron chi connectivity index (χ4n) is 2.18. The highest BCUT2D eigenvalue weighted by molar-refractivity contribution is 4.90. The van der Waals surface area contributed by atoms with Crippen LogP contribution in [0, 0.1) is 0 Å². The first-order chi connectivity index (χ1) is 5.77. The first-order valence-corrected chi connectivity index (χ1v) is 5.26. The lowest BCUT2D eigenvalue weighted by Crippen LogP contribution is -2.39. The van der Waals surface area contributed by atoms with Crippen LogP contribution >= 0.6 is 0 Å². The van der Waals surface area contributed by atoms with E-state index < -0.39 is 0 Å². The summed E-state index contributed by atoms with van der Waals surface area (Å²) in [5.74, 6) is 0. The minimum atomic E-state index is 0.690. The molecule has 0 spiro atoms. The number of nitrogens with one attached hydrogen (secondary N) is 1. The average Bonchev–Trinajstić information content (AvgIpc) is 2.79. The van der Waals surface area contributed by atoms with Crippen molar-refractivity contribution < 1.29 is 0 Å². The van der Waals surface area contributed by atoms with Gasteiger partial charge in [-0.3, -0.25) is 4.90 Å². The van der Waals surface area contributed by atoms with Crippen molar-refractivity contribution in [1.82, 2.24) is 10.2 Å². The maximum atomic E-state index is 3.55. The maximum Gasteiger partial charge on any atom is 0.0166 e. The standard InChI is InChI=1S/C10H20N2/c1-8-7-12(10-3-4-10)9(2)5-6-11-8/h8-11H,3-7H2,1-2H3. The smallest absolute Gasteiger partial charge is 0.0166 e. The average molecular weight is 168 g/mol. The molecule has 2 nitrogen and oxygen atoms in total. The van der Waals surface area contributed by atoms with Crippen LogP contribution in [0.4, 0.5) is 0 Å². The van der Waals surface area contributed by atoms with E-state index in [2.05, 4.69) is 24.1 Å². The molecular formula is C10H20N2. The summed E-state index contributed by atoms with van der Waals surface area (Å²) < 4.78 is 0. The van der Waals surface area contributed by atoms with Gasteiger partial charge in [0.2, 0.25) is 0 Å². The van der Waals surface area contributed by atoms with E-state index in [-0.39, 0.29) is 0 Å². The van der Waals surface area contributed by atoms with Crippen LogP contribution in [0.15, 0.2) is 0 Å². The van der Waals surface area contributed by atoms with Gasteiger partial charge in [-0.05, 0) is 39.7 Å². The highest BCUT2D eigenvalue weighted by atomic mass is 15.2. The normalized spacial score (nSPS) is 39.5. The Morgan fingerprint density at radius 3 is 2.58 bits per heavy atom. The van der Waals surface area contributed by atoms with Gasteiger partial charge in [-0.25, -0.2) is 0 Å². The van der Waals surface area contributed by atoms with Gasteiger partial charge in [0.05, 0.1) is 0 Å². The highest BCUT2D eigenvalue weighted by Gasteiger charge is 2.33. The first kappa shape index (κ1) is 8.52. The van der Waals surface area contributed by atoms with Crippen LogP contribution in [0.25, 0.3) is 0 Å². The van der Waals surface area contributed by atoms with Crippen LogP contribution in [0.5, 0.6) is 0 Å². The second-order valence-electron chi connectivity index (χ2n) is 4.42. The van der Waals surface area contributed by atoms with Crippen molar-refractivity contribution in [2.45, 2.75) is 51.2 Å². The van der Waals surface area contributed by atoms with E-state index in [1.54, 1.807) is 0 Å². The summed E-state index contributed by atoms with van der Waals surface area (Å²) in [6, 6.07) is 2.42. The predicted octanol–water partition coefficient (Wildman–Crippen LogP) is 1.22.